The number of likely N-dealkylation sites (tertiary alicyclic amines) is 1. The number of amides is 2. The number of ether oxygens (including phenoxy) is 1. The van der Waals surface area contributed by atoms with Gasteiger partial charge in [0.1, 0.15) is 0 Å². The van der Waals surface area contributed by atoms with Crippen molar-refractivity contribution >= 4 is 28.6 Å². The summed E-state index contributed by atoms with van der Waals surface area (Å²) in [5.41, 5.74) is 1.20. The van der Waals surface area contributed by atoms with Crippen LogP contribution >= 0.6 is 0 Å². The van der Waals surface area contributed by atoms with Gasteiger partial charge in [0.15, 0.2) is 0 Å². The third kappa shape index (κ3) is 3.11. The van der Waals surface area contributed by atoms with Gasteiger partial charge in [-0.15, -0.1) is 0 Å². The highest BCUT2D eigenvalue weighted by molar-refractivity contribution is 6.15. The molecule has 0 spiro atoms. The van der Waals surface area contributed by atoms with E-state index in [1.54, 1.807) is 24.5 Å². The Morgan fingerprint density at radius 3 is 2.93 bits per heavy atom. The van der Waals surface area contributed by atoms with E-state index < -0.39 is 0 Å². The summed E-state index contributed by atoms with van der Waals surface area (Å²) in [7, 11) is 0. The molecule has 28 heavy (non-hydrogen) atoms. The van der Waals surface area contributed by atoms with E-state index in [2.05, 4.69) is 10.1 Å². The van der Waals surface area contributed by atoms with Gasteiger partial charge in [-0.3, -0.25) is 19.3 Å². The van der Waals surface area contributed by atoms with Crippen molar-refractivity contribution in [1.82, 2.24) is 19.7 Å². The summed E-state index contributed by atoms with van der Waals surface area (Å²) in [5.74, 6) is -0.463. The highest BCUT2D eigenvalue weighted by atomic mass is 16.5. The Morgan fingerprint density at radius 1 is 1.36 bits per heavy atom. The van der Waals surface area contributed by atoms with E-state index in [1.807, 2.05) is 19.1 Å². The van der Waals surface area contributed by atoms with Crippen LogP contribution in [0.4, 0.5) is 0 Å². The lowest BCUT2D eigenvalue weighted by Crippen LogP contribution is -2.33. The zero-order valence-corrected chi connectivity index (χ0v) is 15.7. The maximum atomic E-state index is 12.5. The van der Waals surface area contributed by atoms with E-state index in [-0.39, 0.29) is 29.7 Å². The second-order valence-electron chi connectivity index (χ2n) is 7.01. The highest BCUT2D eigenvalue weighted by Gasteiger charge is 2.42. The van der Waals surface area contributed by atoms with Gasteiger partial charge >= 0.3 is 0 Å². The first-order valence-electron chi connectivity index (χ1n) is 9.19. The van der Waals surface area contributed by atoms with Crippen LogP contribution in [0.2, 0.25) is 0 Å². The molecule has 1 saturated heterocycles. The standard InChI is InChI=1S/C20H20N4O4/c1-12(7-8-23-19(26)15-5-3-4-6-16(15)20(23)27)28-18-9-14-10-22-24(13(2)25)17(14)11-21-18/h3-5,9-12,16H,6-8H2,1-2H3/t12-,16?/m1/s1. The van der Waals surface area contributed by atoms with Gasteiger partial charge in [-0.1, -0.05) is 18.2 Å². The minimum Gasteiger partial charge on any atom is -0.475 e. The van der Waals surface area contributed by atoms with Crippen molar-refractivity contribution < 1.29 is 19.1 Å². The average Bonchev–Trinajstić information content (AvgIpc) is 3.20. The van der Waals surface area contributed by atoms with Crippen LogP contribution in [0.25, 0.3) is 10.9 Å². The first-order chi connectivity index (χ1) is 13.5. The molecular weight excluding hydrogens is 360 g/mol. The third-order valence-electron chi connectivity index (χ3n) is 5.02. The average molecular weight is 380 g/mol. The van der Waals surface area contributed by atoms with Gasteiger partial charge < -0.3 is 4.74 Å². The minimum absolute atomic E-state index is 0.135. The zero-order valence-electron chi connectivity index (χ0n) is 15.7. The van der Waals surface area contributed by atoms with Gasteiger partial charge in [-0.05, 0) is 13.3 Å². The number of carbonyl (C=O) groups is 3. The fourth-order valence-corrected chi connectivity index (χ4v) is 3.54. The summed E-state index contributed by atoms with van der Waals surface area (Å²) in [6.45, 7) is 3.60. The molecule has 2 aromatic rings. The number of hydrogen-bond donors (Lipinski definition) is 0. The smallest absolute Gasteiger partial charge is 0.257 e. The van der Waals surface area contributed by atoms with E-state index in [0.717, 1.165) is 5.39 Å². The minimum atomic E-state index is -0.337. The van der Waals surface area contributed by atoms with Crippen LogP contribution in [0.15, 0.2) is 42.3 Å². The normalized spacial score (nSPS) is 19.7. The van der Waals surface area contributed by atoms with Crippen molar-refractivity contribution in [3.05, 3.63) is 42.3 Å². The van der Waals surface area contributed by atoms with Crippen LogP contribution in [0.3, 0.4) is 0 Å². The summed E-state index contributed by atoms with van der Waals surface area (Å²) in [5, 5.41) is 4.79. The fraction of sp³-hybridized carbons (Fsp3) is 0.350. The number of carbonyl (C=O) groups excluding carboxylic acids is 3. The lowest BCUT2D eigenvalue weighted by atomic mass is 9.94. The summed E-state index contributed by atoms with van der Waals surface area (Å²) in [4.78, 5) is 42.0. The molecule has 2 atom stereocenters. The Kier molecular flexibility index (Phi) is 4.54. The molecular formula is C20H20N4O4. The number of hydrogen-bond acceptors (Lipinski definition) is 6. The van der Waals surface area contributed by atoms with E-state index in [0.29, 0.717) is 36.4 Å². The number of nitrogens with zero attached hydrogens (tertiary/aromatic N) is 4. The number of pyridine rings is 1. The van der Waals surface area contributed by atoms with Crippen LogP contribution < -0.4 is 4.74 Å². The third-order valence-corrected chi connectivity index (χ3v) is 5.02. The monoisotopic (exact) mass is 380 g/mol. The highest BCUT2D eigenvalue weighted by Crippen LogP contribution is 2.31. The first-order valence-corrected chi connectivity index (χ1v) is 9.19. The lowest BCUT2D eigenvalue weighted by molar-refractivity contribution is -0.139. The maximum absolute atomic E-state index is 12.5. The molecule has 8 nitrogen and oxygen atoms in total. The Bertz CT molecular complexity index is 1040. The van der Waals surface area contributed by atoms with Gasteiger partial charge in [0.25, 0.3) is 5.91 Å². The van der Waals surface area contributed by atoms with E-state index in [1.165, 1.54) is 16.5 Å². The summed E-state index contributed by atoms with van der Waals surface area (Å²) < 4.78 is 7.11. The van der Waals surface area contributed by atoms with E-state index in [9.17, 15) is 14.4 Å². The van der Waals surface area contributed by atoms with E-state index in [4.69, 9.17) is 4.74 Å². The van der Waals surface area contributed by atoms with Gasteiger partial charge in [0.05, 0.1) is 29.9 Å². The predicted molar refractivity (Wildman–Crippen MR) is 101 cm³/mol. The molecule has 1 aliphatic heterocycles. The lowest BCUT2D eigenvalue weighted by Gasteiger charge is -2.18. The van der Waals surface area contributed by atoms with Crippen molar-refractivity contribution in [2.24, 2.45) is 5.92 Å². The molecule has 144 valence electrons. The van der Waals surface area contributed by atoms with Crippen molar-refractivity contribution in [3.8, 4) is 5.88 Å². The Hall–Kier alpha value is -3.29. The fourth-order valence-electron chi connectivity index (χ4n) is 3.54. The largest absolute Gasteiger partial charge is 0.475 e. The second-order valence-corrected chi connectivity index (χ2v) is 7.01. The maximum Gasteiger partial charge on any atom is 0.257 e. The van der Waals surface area contributed by atoms with Gasteiger partial charge in [0, 0.05) is 36.9 Å². The summed E-state index contributed by atoms with van der Waals surface area (Å²) in [6.07, 6.45) is 9.42. The molecule has 4 rings (SSSR count). The Labute approximate surface area is 161 Å². The number of rotatable bonds is 5. The molecule has 3 heterocycles. The number of fused-ring (bicyclic) bond motifs is 2. The molecule has 0 aromatic carbocycles. The van der Waals surface area contributed by atoms with Crippen LogP contribution in [-0.4, -0.2) is 50.0 Å². The summed E-state index contributed by atoms with van der Waals surface area (Å²) >= 11 is 0. The molecule has 0 N–H and O–H groups in total. The topological polar surface area (TPSA) is 94.4 Å². The van der Waals surface area contributed by atoms with Crippen LogP contribution in [0.5, 0.6) is 5.88 Å². The van der Waals surface area contributed by atoms with Crippen LogP contribution in [0, 0.1) is 5.92 Å². The zero-order chi connectivity index (χ0) is 19.8. The van der Waals surface area contributed by atoms with Gasteiger partial charge in [-0.25, -0.2) is 4.98 Å². The molecule has 2 amide bonds. The summed E-state index contributed by atoms with van der Waals surface area (Å²) in [6, 6.07) is 1.72. The van der Waals surface area contributed by atoms with Crippen molar-refractivity contribution in [2.45, 2.75) is 32.8 Å². The van der Waals surface area contributed by atoms with Crippen LogP contribution in [0.1, 0.15) is 31.5 Å². The molecule has 1 fully saturated rings. The molecule has 1 unspecified atom stereocenters. The molecule has 2 aromatic heterocycles. The molecule has 0 radical (unpaired) electrons. The number of imide groups is 1. The molecule has 0 saturated carbocycles. The Morgan fingerprint density at radius 2 is 2.18 bits per heavy atom. The SMILES string of the molecule is CC(=O)n1ncc2cc(O[C@H](C)CCN3C(=O)C4=CC=CCC4C3=O)ncc21. The second kappa shape index (κ2) is 7.03. The van der Waals surface area contributed by atoms with Crippen molar-refractivity contribution in [1.29, 1.82) is 0 Å². The molecule has 0 bridgehead atoms. The number of allylic oxidation sites excluding steroid dienone is 3. The van der Waals surface area contributed by atoms with Gasteiger partial charge in [-0.2, -0.15) is 9.78 Å². The quantitative estimate of drug-likeness (QED) is 0.738. The van der Waals surface area contributed by atoms with E-state index >= 15 is 0 Å². The van der Waals surface area contributed by atoms with Crippen molar-refractivity contribution in [2.75, 3.05) is 6.54 Å². The van der Waals surface area contributed by atoms with Gasteiger partial charge in [0.2, 0.25) is 17.7 Å². The Balaban J connectivity index is 1.39. The molecule has 2 aliphatic rings. The first kappa shape index (κ1) is 18.1. The molecule has 8 heteroatoms. The van der Waals surface area contributed by atoms with Crippen molar-refractivity contribution in [3.63, 3.8) is 0 Å². The molecule has 1 aliphatic carbocycles. The number of aromatic nitrogens is 3. The van der Waals surface area contributed by atoms with Crippen LogP contribution in [-0.2, 0) is 9.59 Å². The predicted octanol–water partition coefficient (Wildman–Crippen LogP) is 2.12.